The van der Waals surface area contributed by atoms with Crippen LogP contribution in [0.2, 0.25) is 0 Å². The molecule has 0 amide bonds. The van der Waals surface area contributed by atoms with Gasteiger partial charge in [0, 0.05) is 5.56 Å². The Morgan fingerprint density at radius 1 is 1.14 bits per heavy atom. The van der Waals surface area contributed by atoms with Gasteiger partial charge in [-0.05, 0) is 30.4 Å². The highest BCUT2D eigenvalue weighted by Crippen LogP contribution is 2.27. The molecule has 2 aromatic heterocycles. The monoisotopic (exact) mass is 299 g/mol. The Hall–Kier alpha value is -2.01. The Labute approximate surface area is 128 Å². The first kappa shape index (κ1) is 13.9. The van der Waals surface area contributed by atoms with Gasteiger partial charge in [-0.25, -0.2) is 0 Å². The molecule has 0 aliphatic heterocycles. The number of thioether (sulfide) groups is 1. The SMILES string of the molecule is CCSc1nnc(-c2ccccc2C)n1Cc1ccco1. The van der Waals surface area contributed by atoms with Crippen molar-refractivity contribution >= 4 is 11.8 Å². The largest absolute Gasteiger partial charge is 0.467 e. The fraction of sp³-hybridized carbons (Fsp3) is 0.250. The number of nitrogens with zero attached hydrogens (tertiary/aromatic N) is 3. The van der Waals surface area contributed by atoms with E-state index in [0.717, 1.165) is 28.1 Å². The van der Waals surface area contributed by atoms with Crippen LogP contribution in [-0.4, -0.2) is 20.5 Å². The summed E-state index contributed by atoms with van der Waals surface area (Å²) in [5.74, 6) is 2.76. The molecule has 108 valence electrons. The van der Waals surface area contributed by atoms with Gasteiger partial charge in [0.25, 0.3) is 0 Å². The van der Waals surface area contributed by atoms with Gasteiger partial charge < -0.3 is 4.42 Å². The number of aromatic nitrogens is 3. The number of hydrogen-bond acceptors (Lipinski definition) is 4. The Morgan fingerprint density at radius 3 is 2.71 bits per heavy atom. The third-order valence-corrected chi connectivity index (χ3v) is 4.12. The molecule has 0 spiro atoms. The predicted molar refractivity (Wildman–Crippen MR) is 84.4 cm³/mol. The van der Waals surface area contributed by atoms with Crippen molar-refractivity contribution in [3.05, 3.63) is 54.0 Å². The lowest BCUT2D eigenvalue weighted by molar-refractivity contribution is 0.485. The molecule has 21 heavy (non-hydrogen) atoms. The van der Waals surface area contributed by atoms with Crippen molar-refractivity contribution in [3.8, 4) is 11.4 Å². The van der Waals surface area contributed by atoms with Crippen molar-refractivity contribution in [2.45, 2.75) is 25.5 Å². The number of aryl methyl sites for hydroxylation is 1. The molecular formula is C16H17N3OS. The fourth-order valence-electron chi connectivity index (χ4n) is 2.25. The van der Waals surface area contributed by atoms with Crippen molar-refractivity contribution in [2.24, 2.45) is 0 Å². The lowest BCUT2D eigenvalue weighted by Crippen LogP contribution is -2.04. The van der Waals surface area contributed by atoms with Crippen LogP contribution in [0.15, 0.2) is 52.2 Å². The van der Waals surface area contributed by atoms with Gasteiger partial charge in [-0.1, -0.05) is 43.0 Å². The Balaban J connectivity index is 2.06. The fourth-order valence-corrected chi connectivity index (χ4v) is 2.91. The normalized spacial score (nSPS) is 11.0. The van der Waals surface area contributed by atoms with E-state index in [0.29, 0.717) is 6.54 Å². The molecule has 1 aromatic carbocycles. The van der Waals surface area contributed by atoms with E-state index in [-0.39, 0.29) is 0 Å². The van der Waals surface area contributed by atoms with Gasteiger partial charge in [-0.3, -0.25) is 4.57 Å². The summed E-state index contributed by atoms with van der Waals surface area (Å²) in [4.78, 5) is 0. The minimum absolute atomic E-state index is 0.645. The van der Waals surface area contributed by atoms with Crippen molar-refractivity contribution in [3.63, 3.8) is 0 Å². The topological polar surface area (TPSA) is 43.9 Å². The number of rotatable bonds is 5. The molecule has 0 bridgehead atoms. The van der Waals surface area contributed by atoms with Crippen LogP contribution in [0.3, 0.4) is 0 Å². The molecule has 0 radical (unpaired) electrons. The summed E-state index contributed by atoms with van der Waals surface area (Å²) in [7, 11) is 0. The molecule has 2 heterocycles. The van der Waals surface area contributed by atoms with E-state index in [9.17, 15) is 0 Å². The Morgan fingerprint density at radius 2 is 2.00 bits per heavy atom. The molecule has 0 unspecified atom stereocenters. The first-order valence-electron chi connectivity index (χ1n) is 6.94. The van der Waals surface area contributed by atoms with Gasteiger partial charge >= 0.3 is 0 Å². The third kappa shape index (κ3) is 2.88. The van der Waals surface area contributed by atoms with Crippen LogP contribution in [0.4, 0.5) is 0 Å². The molecule has 0 atom stereocenters. The molecule has 5 heteroatoms. The van der Waals surface area contributed by atoms with E-state index in [1.807, 2.05) is 24.3 Å². The maximum Gasteiger partial charge on any atom is 0.191 e. The summed E-state index contributed by atoms with van der Waals surface area (Å²) in [6.07, 6.45) is 1.69. The zero-order valence-corrected chi connectivity index (χ0v) is 12.9. The zero-order valence-electron chi connectivity index (χ0n) is 12.1. The minimum atomic E-state index is 0.645. The lowest BCUT2D eigenvalue weighted by Gasteiger charge is -2.09. The molecule has 4 nitrogen and oxygen atoms in total. The van der Waals surface area contributed by atoms with E-state index in [1.54, 1.807) is 18.0 Å². The second-order valence-corrected chi connectivity index (χ2v) is 5.95. The average Bonchev–Trinajstić information content (AvgIpc) is 3.12. The van der Waals surface area contributed by atoms with Crippen LogP contribution in [0, 0.1) is 6.92 Å². The quantitative estimate of drug-likeness (QED) is 0.668. The Kier molecular flexibility index (Phi) is 4.10. The molecule has 3 rings (SSSR count). The number of benzene rings is 1. The highest BCUT2D eigenvalue weighted by molar-refractivity contribution is 7.99. The highest BCUT2D eigenvalue weighted by atomic mass is 32.2. The molecule has 0 aliphatic rings. The first-order chi connectivity index (χ1) is 10.3. The van der Waals surface area contributed by atoms with Crippen LogP contribution in [0.1, 0.15) is 18.2 Å². The number of furan rings is 1. The zero-order chi connectivity index (χ0) is 14.7. The Bertz CT molecular complexity index is 719. The smallest absolute Gasteiger partial charge is 0.191 e. The molecule has 0 aliphatic carbocycles. The summed E-state index contributed by atoms with van der Waals surface area (Å²) < 4.78 is 7.60. The van der Waals surface area contributed by atoms with Crippen molar-refractivity contribution < 1.29 is 4.42 Å². The highest BCUT2D eigenvalue weighted by Gasteiger charge is 2.16. The predicted octanol–water partition coefficient (Wildman–Crippen LogP) is 4.01. The molecule has 3 aromatic rings. The average molecular weight is 299 g/mol. The summed E-state index contributed by atoms with van der Waals surface area (Å²) in [6, 6.07) is 12.1. The van der Waals surface area contributed by atoms with E-state index in [2.05, 4.69) is 40.7 Å². The summed E-state index contributed by atoms with van der Waals surface area (Å²) >= 11 is 1.69. The minimum Gasteiger partial charge on any atom is -0.467 e. The van der Waals surface area contributed by atoms with E-state index in [1.165, 1.54) is 5.56 Å². The van der Waals surface area contributed by atoms with Gasteiger partial charge in [-0.15, -0.1) is 10.2 Å². The van der Waals surface area contributed by atoms with E-state index < -0.39 is 0 Å². The van der Waals surface area contributed by atoms with Crippen molar-refractivity contribution in [1.29, 1.82) is 0 Å². The molecular weight excluding hydrogens is 282 g/mol. The van der Waals surface area contributed by atoms with Crippen LogP contribution >= 0.6 is 11.8 Å². The van der Waals surface area contributed by atoms with E-state index in [4.69, 9.17) is 4.42 Å². The van der Waals surface area contributed by atoms with Gasteiger partial charge in [-0.2, -0.15) is 0 Å². The molecule has 0 saturated heterocycles. The van der Waals surface area contributed by atoms with Gasteiger partial charge in [0.1, 0.15) is 5.76 Å². The van der Waals surface area contributed by atoms with Crippen LogP contribution in [0.5, 0.6) is 0 Å². The van der Waals surface area contributed by atoms with Gasteiger partial charge in [0.15, 0.2) is 11.0 Å². The van der Waals surface area contributed by atoms with Crippen LogP contribution in [0.25, 0.3) is 11.4 Å². The summed E-state index contributed by atoms with van der Waals surface area (Å²) in [5, 5.41) is 9.66. The van der Waals surface area contributed by atoms with Gasteiger partial charge in [0.05, 0.1) is 12.8 Å². The molecule has 0 saturated carbocycles. The van der Waals surface area contributed by atoms with Crippen molar-refractivity contribution in [2.75, 3.05) is 5.75 Å². The second kappa shape index (κ2) is 6.18. The summed E-state index contributed by atoms with van der Waals surface area (Å²) in [5.41, 5.74) is 2.30. The second-order valence-electron chi connectivity index (χ2n) is 4.72. The third-order valence-electron chi connectivity index (χ3n) is 3.27. The van der Waals surface area contributed by atoms with Gasteiger partial charge in [0.2, 0.25) is 0 Å². The summed E-state index contributed by atoms with van der Waals surface area (Å²) in [6.45, 7) is 4.85. The number of hydrogen-bond donors (Lipinski definition) is 0. The maximum atomic E-state index is 5.48. The molecule has 0 N–H and O–H groups in total. The molecule has 0 fully saturated rings. The maximum absolute atomic E-state index is 5.48. The van der Waals surface area contributed by atoms with Crippen molar-refractivity contribution in [1.82, 2.24) is 14.8 Å². The van der Waals surface area contributed by atoms with Crippen LogP contribution < -0.4 is 0 Å². The lowest BCUT2D eigenvalue weighted by atomic mass is 10.1. The van der Waals surface area contributed by atoms with Crippen LogP contribution in [-0.2, 0) is 6.54 Å². The van der Waals surface area contributed by atoms with E-state index >= 15 is 0 Å². The standard InChI is InChI=1S/C16H17N3OS/c1-3-21-16-18-17-15(14-9-5-4-7-12(14)2)19(16)11-13-8-6-10-20-13/h4-10H,3,11H2,1-2H3. The first-order valence-corrected chi connectivity index (χ1v) is 7.92.